The topological polar surface area (TPSA) is 67.1 Å². The third kappa shape index (κ3) is 3.85. The largest absolute Gasteiger partial charge is 0.497 e. The van der Waals surface area contributed by atoms with Crippen LogP contribution in [0, 0.1) is 0 Å². The molecule has 1 heterocycles. The molecule has 1 aromatic heterocycles. The van der Waals surface area contributed by atoms with Crippen LogP contribution >= 0.6 is 0 Å². The van der Waals surface area contributed by atoms with Crippen LogP contribution < -0.4 is 24.4 Å². The molecular weight excluding hydrogens is 384 g/mol. The van der Waals surface area contributed by atoms with Crippen molar-refractivity contribution < 1.29 is 23.4 Å². The average molecular weight is 410 g/mol. The summed E-state index contributed by atoms with van der Waals surface area (Å²) in [7, 11) is 6.27. The number of methoxy groups -OCH3 is 4. The standard InChI is InChI=1S/C24H26O6/c1-14(2)7-9-17-22(20(27-4)12-21(28-5)24(17)29-6)18-13-30-19-11-15(26-3)8-10-16(19)23(18)25/h7-8,10-13H,9H2,1-6H3. The lowest BCUT2D eigenvalue weighted by atomic mass is 9.94. The highest BCUT2D eigenvalue weighted by Gasteiger charge is 2.24. The van der Waals surface area contributed by atoms with E-state index in [1.165, 1.54) is 6.26 Å². The maximum Gasteiger partial charge on any atom is 0.200 e. The van der Waals surface area contributed by atoms with E-state index in [1.807, 2.05) is 13.8 Å². The van der Waals surface area contributed by atoms with Crippen LogP contribution in [0.2, 0.25) is 0 Å². The molecule has 0 saturated heterocycles. The second-order valence-electron chi connectivity index (χ2n) is 6.99. The third-order valence-corrected chi connectivity index (χ3v) is 4.92. The number of hydrogen-bond acceptors (Lipinski definition) is 6. The van der Waals surface area contributed by atoms with Gasteiger partial charge in [-0.2, -0.15) is 0 Å². The highest BCUT2D eigenvalue weighted by Crippen LogP contribution is 2.44. The van der Waals surface area contributed by atoms with Gasteiger partial charge in [-0.05, 0) is 32.4 Å². The molecule has 0 radical (unpaired) electrons. The summed E-state index contributed by atoms with van der Waals surface area (Å²) in [5.74, 6) is 2.21. The van der Waals surface area contributed by atoms with Gasteiger partial charge in [0.05, 0.1) is 39.4 Å². The van der Waals surface area contributed by atoms with Crippen molar-refractivity contribution in [3.63, 3.8) is 0 Å². The van der Waals surface area contributed by atoms with Crippen LogP contribution in [-0.2, 0) is 6.42 Å². The second-order valence-corrected chi connectivity index (χ2v) is 6.99. The first-order valence-corrected chi connectivity index (χ1v) is 9.50. The number of ether oxygens (including phenoxy) is 4. The predicted molar refractivity (Wildman–Crippen MR) is 117 cm³/mol. The van der Waals surface area contributed by atoms with E-state index in [4.69, 9.17) is 23.4 Å². The highest BCUT2D eigenvalue weighted by atomic mass is 16.5. The Labute approximate surface area is 175 Å². The van der Waals surface area contributed by atoms with Gasteiger partial charge in [0.2, 0.25) is 5.43 Å². The molecule has 3 aromatic rings. The molecule has 0 unspecified atom stereocenters. The lowest BCUT2D eigenvalue weighted by Crippen LogP contribution is -2.09. The van der Waals surface area contributed by atoms with Gasteiger partial charge < -0.3 is 23.4 Å². The number of allylic oxidation sites excluding steroid dienone is 2. The van der Waals surface area contributed by atoms with Crippen LogP contribution in [0.5, 0.6) is 23.0 Å². The van der Waals surface area contributed by atoms with E-state index < -0.39 is 0 Å². The molecule has 0 spiro atoms. The van der Waals surface area contributed by atoms with Gasteiger partial charge in [0.1, 0.15) is 23.3 Å². The van der Waals surface area contributed by atoms with Crippen molar-refractivity contribution in [3.8, 4) is 34.1 Å². The summed E-state index contributed by atoms with van der Waals surface area (Å²) in [5.41, 5.74) is 3.23. The van der Waals surface area contributed by atoms with Gasteiger partial charge in [-0.15, -0.1) is 0 Å². The number of hydrogen-bond donors (Lipinski definition) is 0. The van der Waals surface area contributed by atoms with Crippen molar-refractivity contribution >= 4 is 11.0 Å². The van der Waals surface area contributed by atoms with Crippen molar-refractivity contribution in [1.29, 1.82) is 0 Å². The molecule has 6 heteroatoms. The van der Waals surface area contributed by atoms with Crippen molar-refractivity contribution in [2.24, 2.45) is 0 Å². The van der Waals surface area contributed by atoms with E-state index in [0.717, 1.165) is 11.1 Å². The lowest BCUT2D eigenvalue weighted by molar-refractivity contribution is 0.346. The molecule has 0 saturated carbocycles. The zero-order valence-corrected chi connectivity index (χ0v) is 18.1. The number of rotatable bonds is 7. The predicted octanol–water partition coefficient (Wildman–Crippen LogP) is 5.00. The summed E-state index contributed by atoms with van der Waals surface area (Å²) >= 11 is 0. The fourth-order valence-electron chi connectivity index (χ4n) is 3.41. The molecule has 6 nitrogen and oxygen atoms in total. The molecule has 0 fully saturated rings. The monoisotopic (exact) mass is 410 g/mol. The van der Waals surface area contributed by atoms with Gasteiger partial charge >= 0.3 is 0 Å². The molecular formula is C24H26O6. The molecule has 0 aliphatic rings. The van der Waals surface area contributed by atoms with E-state index in [1.54, 1.807) is 52.7 Å². The lowest BCUT2D eigenvalue weighted by Gasteiger charge is -2.19. The Morgan fingerprint density at radius 1 is 0.967 bits per heavy atom. The van der Waals surface area contributed by atoms with Gasteiger partial charge in [0.15, 0.2) is 11.5 Å². The van der Waals surface area contributed by atoms with Crippen LogP contribution in [0.3, 0.4) is 0 Å². The van der Waals surface area contributed by atoms with Crippen LogP contribution in [0.25, 0.3) is 22.1 Å². The Morgan fingerprint density at radius 2 is 1.70 bits per heavy atom. The van der Waals surface area contributed by atoms with Gasteiger partial charge in [-0.1, -0.05) is 11.6 Å². The number of fused-ring (bicyclic) bond motifs is 1. The van der Waals surface area contributed by atoms with E-state index in [-0.39, 0.29) is 5.43 Å². The first-order valence-electron chi connectivity index (χ1n) is 9.50. The van der Waals surface area contributed by atoms with E-state index in [2.05, 4.69) is 6.08 Å². The summed E-state index contributed by atoms with van der Waals surface area (Å²) in [5, 5.41) is 0.457. The highest BCUT2D eigenvalue weighted by molar-refractivity contribution is 5.86. The maximum atomic E-state index is 13.4. The van der Waals surface area contributed by atoms with Crippen molar-refractivity contribution in [3.05, 3.63) is 58.0 Å². The summed E-state index contributed by atoms with van der Waals surface area (Å²) in [6.07, 6.45) is 4.06. The van der Waals surface area contributed by atoms with Crippen LogP contribution in [0.1, 0.15) is 19.4 Å². The molecule has 0 aliphatic heterocycles. The third-order valence-electron chi connectivity index (χ3n) is 4.92. The van der Waals surface area contributed by atoms with Crippen LogP contribution in [-0.4, -0.2) is 28.4 Å². The smallest absolute Gasteiger partial charge is 0.200 e. The van der Waals surface area contributed by atoms with Crippen LogP contribution in [0.4, 0.5) is 0 Å². The summed E-state index contributed by atoms with van der Waals surface area (Å²) in [6.45, 7) is 4.03. The van der Waals surface area contributed by atoms with E-state index in [0.29, 0.717) is 51.5 Å². The Hall–Kier alpha value is -3.41. The molecule has 0 aliphatic carbocycles. The minimum absolute atomic E-state index is 0.164. The molecule has 3 rings (SSSR count). The van der Waals surface area contributed by atoms with Crippen molar-refractivity contribution in [2.45, 2.75) is 20.3 Å². The normalized spacial score (nSPS) is 10.6. The first kappa shape index (κ1) is 21.3. The zero-order valence-electron chi connectivity index (χ0n) is 18.1. The Kier molecular flexibility index (Phi) is 6.35. The molecule has 2 aromatic carbocycles. The fourth-order valence-corrected chi connectivity index (χ4v) is 3.41. The van der Waals surface area contributed by atoms with Gasteiger partial charge in [-0.3, -0.25) is 4.79 Å². The minimum Gasteiger partial charge on any atom is -0.497 e. The Morgan fingerprint density at radius 3 is 2.30 bits per heavy atom. The SMILES string of the molecule is COc1ccc2c(=O)c(-c3c(OC)cc(OC)c(OC)c3CC=C(C)C)coc2c1. The van der Waals surface area contributed by atoms with Crippen molar-refractivity contribution in [2.75, 3.05) is 28.4 Å². The molecule has 30 heavy (non-hydrogen) atoms. The van der Waals surface area contributed by atoms with Crippen LogP contribution in [0.15, 0.2) is 51.4 Å². The summed E-state index contributed by atoms with van der Waals surface area (Å²) < 4.78 is 27.8. The van der Waals surface area contributed by atoms with Gasteiger partial charge in [-0.25, -0.2) is 0 Å². The average Bonchev–Trinajstić information content (AvgIpc) is 2.76. The van der Waals surface area contributed by atoms with Gasteiger partial charge in [0, 0.05) is 23.3 Å². The minimum atomic E-state index is -0.164. The summed E-state index contributed by atoms with van der Waals surface area (Å²) in [4.78, 5) is 13.4. The van der Waals surface area contributed by atoms with Crippen molar-refractivity contribution in [1.82, 2.24) is 0 Å². The molecule has 0 atom stereocenters. The molecule has 0 amide bonds. The first-order chi connectivity index (χ1) is 14.4. The zero-order chi connectivity index (χ0) is 21.8. The second kappa shape index (κ2) is 8.95. The molecule has 0 bridgehead atoms. The quantitative estimate of drug-likeness (QED) is 0.511. The number of benzene rings is 2. The van der Waals surface area contributed by atoms with E-state index in [9.17, 15) is 4.79 Å². The van der Waals surface area contributed by atoms with E-state index >= 15 is 0 Å². The maximum absolute atomic E-state index is 13.4. The molecule has 0 N–H and O–H groups in total. The Balaban J connectivity index is 2.37. The summed E-state index contributed by atoms with van der Waals surface area (Å²) in [6, 6.07) is 6.85. The Bertz CT molecular complexity index is 1150. The molecule has 158 valence electrons. The van der Waals surface area contributed by atoms with Gasteiger partial charge in [0.25, 0.3) is 0 Å². The fraction of sp³-hybridized carbons (Fsp3) is 0.292.